The van der Waals surface area contributed by atoms with Crippen LogP contribution in [0, 0.1) is 0 Å². The third-order valence-electron chi connectivity index (χ3n) is 4.68. The molecular weight excluding hydrogens is 404 g/mol. The fraction of sp³-hybridized carbons (Fsp3) is 0.318. The van der Waals surface area contributed by atoms with E-state index < -0.39 is 0 Å². The Balaban J connectivity index is 1.57. The van der Waals surface area contributed by atoms with Gasteiger partial charge in [-0.25, -0.2) is 0 Å². The minimum atomic E-state index is -0.166. The number of carbonyl (C=O) groups excluding carboxylic acids is 1. The van der Waals surface area contributed by atoms with Gasteiger partial charge in [0.25, 0.3) is 0 Å². The topological polar surface area (TPSA) is 41.6 Å². The molecule has 1 N–H and O–H groups in total. The molecule has 0 saturated carbocycles. The monoisotopic (exact) mass is 428 g/mol. The molecule has 1 heterocycles. The highest BCUT2D eigenvalue weighted by Crippen LogP contribution is 2.24. The van der Waals surface area contributed by atoms with Crippen LogP contribution < -0.4 is 10.1 Å². The SMILES string of the molecule is COc1ccc(Br)cc1/C=C/C(=O)Nc1ccc(CN2CCCCC2)cc1. The van der Waals surface area contributed by atoms with Gasteiger partial charge in [0.1, 0.15) is 5.75 Å². The molecule has 0 aromatic heterocycles. The quantitative estimate of drug-likeness (QED) is 0.650. The lowest BCUT2D eigenvalue weighted by Crippen LogP contribution is -2.29. The zero-order valence-electron chi connectivity index (χ0n) is 15.6. The third kappa shape index (κ3) is 5.94. The fourth-order valence-electron chi connectivity index (χ4n) is 3.25. The number of rotatable bonds is 6. The number of likely N-dealkylation sites (tertiary alicyclic amines) is 1. The highest BCUT2D eigenvalue weighted by atomic mass is 79.9. The van der Waals surface area contributed by atoms with E-state index in [2.05, 4.69) is 38.3 Å². The summed E-state index contributed by atoms with van der Waals surface area (Å²) in [4.78, 5) is 14.7. The number of benzene rings is 2. The van der Waals surface area contributed by atoms with Crippen molar-refractivity contribution in [2.24, 2.45) is 0 Å². The van der Waals surface area contributed by atoms with E-state index in [1.54, 1.807) is 13.2 Å². The molecule has 27 heavy (non-hydrogen) atoms. The molecule has 5 heteroatoms. The number of methoxy groups -OCH3 is 1. The van der Waals surface area contributed by atoms with E-state index in [1.807, 2.05) is 30.3 Å². The summed E-state index contributed by atoms with van der Waals surface area (Å²) in [6.45, 7) is 3.35. The number of hydrogen-bond donors (Lipinski definition) is 1. The Kier molecular flexibility index (Phi) is 7.07. The number of carbonyl (C=O) groups is 1. The molecule has 1 fully saturated rings. The van der Waals surface area contributed by atoms with Gasteiger partial charge in [0.15, 0.2) is 0 Å². The predicted octanol–water partition coefficient (Wildman–Crippen LogP) is 5.10. The first-order valence-corrected chi connectivity index (χ1v) is 10.1. The number of anilines is 1. The normalized spacial score (nSPS) is 15.0. The van der Waals surface area contributed by atoms with E-state index in [0.717, 1.165) is 28.0 Å². The first-order valence-electron chi connectivity index (χ1n) is 9.28. The van der Waals surface area contributed by atoms with E-state index in [0.29, 0.717) is 0 Å². The molecule has 0 atom stereocenters. The summed E-state index contributed by atoms with van der Waals surface area (Å²) in [5, 5.41) is 2.90. The molecule has 0 spiro atoms. The minimum absolute atomic E-state index is 0.166. The largest absolute Gasteiger partial charge is 0.496 e. The molecule has 2 aromatic rings. The van der Waals surface area contributed by atoms with Crippen molar-refractivity contribution in [2.75, 3.05) is 25.5 Å². The van der Waals surface area contributed by atoms with Gasteiger partial charge in [0.05, 0.1) is 7.11 Å². The van der Waals surface area contributed by atoms with Gasteiger partial charge in [0, 0.05) is 28.3 Å². The molecule has 1 saturated heterocycles. The molecule has 0 aliphatic carbocycles. The third-order valence-corrected chi connectivity index (χ3v) is 5.18. The van der Waals surface area contributed by atoms with Crippen LogP contribution in [0.4, 0.5) is 5.69 Å². The van der Waals surface area contributed by atoms with Gasteiger partial charge in [-0.3, -0.25) is 9.69 Å². The summed E-state index contributed by atoms with van der Waals surface area (Å²) in [6, 6.07) is 13.8. The van der Waals surface area contributed by atoms with Crippen LogP contribution in [-0.2, 0) is 11.3 Å². The van der Waals surface area contributed by atoms with Crippen LogP contribution in [0.5, 0.6) is 5.75 Å². The van der Waals surface area contributed by atoms with Crippen molar-refractivity contribution in [1.82, 2.24) is 4.90 Å². The lowest BCUT2D eigenvalue weighted by molar-refractivity contribution is -0.111. The van der Waals surface area contributed by atoms with Crippen LogP contribution in [0.2, 0.25) is 0 Å². The molecule has 2 aromatic carbocycles. The zero-order chi connectivity index (χ0) is 19.1. The summed E-state index contributed by atoms with van der Waals surface area (Å²) in [5.41, 5.74) is 2.93. The van der Waals surface area contributed by atoms with Crippen LogP contribution >= 0.6 is 15.9 Å². The summed E-state index contributed by atoms with van der Waals surface area (Å²) in [6.07, 6.45) is 7.21. The predicted molar refractivity (Wildman–Crippen MR) is 114 cm³/mol. The summed E-state index contributed by atoms with van der Waals surface area (Å²) in [5.74, 6) is 0.560. The summed E-state index contributed by atoms with van der Waals surface area (Å²) in [7, 11) is 1.62. The summed E-state index contributed by atoms with van der Waals surface area (Å²) >= 11 is 3.44. The van der Waals surface area contributed by atoms with E-state index >= 15 is 0 Å². The standard InChI is InChI=1S/C22H25BrN2O2/c1-27-21-11-8-19(23)15-18(21)7-12-22(26)24-20-9-5-17(6-10-20)16-25-13-3-2-4-14-25/h5-12,15H,2-4,13-14,16H2,1H3,(H,24,26)/b12-7+. The Bertz CT molecular complexity index is 796. The van der Waals surface area contributed by atoms with Gasteiger partial charge in [-0.1, -0.05) is 34.5 Å². The van der Waals surface area contributed by atoms with Gasteiger partial charge in [-0.05, 0) is 67.9 Å². The first kappa shape index (κ1) is 19.6. The Morgan fingerprint density at radius 3 is 2.59 bits per heavy atom. The van der Waals surface area contributed by atoms with Crippen molar-refractivity contribution in [3.63, 3.8) is 0 Å². The highest BCUT2D eigenvalue weighted by Gasteiger charge is 2.10. The van der Waals surface area contributed by atoms with Crippen LogP contribution in [-0.4, -0.2) is 31.0 Å². The molecule has 1 aliphatic heterocycles. The molecule has 1 amide bonds. The van der Waals surface area contributed by atoms with Gasteiger partial charge < -0.3 is 10.1 Å². The molecule has 0 radical (unpaired) electrons. The lowest BCUT2D eigenvalue weighted by atomic mass is 10.1. The van der Waals surface area contributed by atoms with Crippen LogP contribution in [0.1, 0.15) is 30.4 Å². The second-order valence-corrected chi connectivity index (χ2v) is 7.66. The van der Waals surface area contributed by atoms with Crippen LogP contribution in [0.25, 0.3) is 6.08 Å². The lowest BCUT2D eigenvalue weighted by Gasteiger charge is -2.26. The molecule has 142 valence electrons. The number of nitrogens with one attached hydrogen (secondary N) is 1. The number of halogens is 1. The van der Waals surface area contributed by atoms with Crippen molar-refractivity contribution < 1.29 is 9.53 Å². The first-order chi connectivity index (χ1) is 13.1. The van der Waals surface area contributed by atoms with Gasteiger partial charge in [0.2, 0.25) is 5.91 Å². The number of nitrogens with zero attached hydrogens (tertiary/aromatic N) is 1. The molecule has 4 nitrogen and oxygen atoms in total. The zero-order valence-corrected chi connectivity index (χ0v) is 17.2. The number of amides is 1. The van der Waals surface area contributed by atoms with E-state index in [-0.39, 0.29) is 5.91 Å². The van der Waals surface area contributed by atoms with E-state index in [9.17, 15) is 4.79 Å². The van der Waals surface area contributed by atoms with E-state index in [1.165, 1.54) is 44.0 Å². The maximum Gasteiger partial charge on any atom is 0.248 e. The second-order valence-electron chi connectivity index (χ2n) is 6.74. The summed E-state index contributed by atoms with van der Waals surface area (Å²) < 4.78 is 6.26. The van der Waals surface area contributed by atoms with Gasteiger partial charge >= 0.3 is 0 Å². The van der Waals surface area contributed by atoms with Crippen molar-refractivity contribution >= 4 is 33.6 Å². The number of piperidine rings is 1. The number of ether oxygens (including phenoxy) is 1. The smallest absolute Gasteiger partial charge is 0.248 e. The van der Waals surface area contributed by atoms with Crippen molar-refractivity contribution in [1.29, 1.82) is 0 Å². The maximum atomic E-state index is 12.2. The van der Waals surface area contributed by atoms with E-state index in [4.69, 9.17) is 4.74 Å². The molecular formula is C22H25BrN2O2. The minimum Gasteiger partial charge on any atom is -0.496 e. The molecule has 3 rings (SSSR count). The van der Waals surface area contributed by atoms with Crippen LogP contribution in [0.3, 0.4) is 0 Å². The average molecular weight is 429 g/mol. The maximum absolute atomic E-state index is 12.2. The average Bonchev–Trinajstić information content (AvgIpc) is 2.69. The Hall–Kier alpha value is -2.11. The van der Waals surface area contributed by atoms with Crippen molar-refractivity contribution in [2.45, 2.75) is 25.8 Å². The second kappa shape index (κ2) is 9.72. The molecule has 0 unspecified atom stereocenters. The van der Waals surface area contributed by atoms with Gasteiger partial charge in [-0.2, -0.15) is 0 Å². The Morgan fingerprint density at radius 2 is 1.89 bits per heavy atom. The van der Waals surface area contributed by atoms with Crippen molar-refractivity contribution in [3.05, 3.63) is 64.1 Å². The molecule has 0 bridgehead atoms. The Morgan fingerprint density at radius 1 is 1.15 bits per heavy atom. The number of hydrogen-bond acceptors (Lipinski definition) is 3. The van der Waals surface area contributed by atoms with Gasteiger partial charge in [-0.15, -0.1) is 0 Å². The van der Waals surface area contributed by atoms with Crippen LogP contribution in [0.15, 0.2) is 53.0 Å². The highest BCUT2D eigenvalue weighted by molar-refractivity contribution is 9.10. The Labute approximate surface area is 169 Å². The molecule has 1 aliphatic rings. The fourth-order valence-corrected chi connectivity index (χ4v) is 3.63. The van der Waals surface area contributed by atoms with Crippen molar-refractivity contribution in [3.8, 4) is 5.75 Å².